The molecule has 18 heavy (non-hydrogen) atoms. The molecule has 1 aromatic heterocycles. The molecule has 1 aliphatic heterocycles. The predicted octanol–water partition coefficient (Wildman–Crippen LogP) is 1.92. The molecule has 1 saturated heterocycles. The number of nitrogens with zero attached hydrogens (tertiary/aromatic N) is 2. The Morgan fingerprint density at radius 2 is 2.39 bits per heavy atom. The van der Waals surface area contributed by atoms with Gasteiger partial charge in [0.2, 0.25) is 0 Å². The van der Waals surface area contributed by atoms with Crippen LogP contribution in [0.1, 0.15) is 36.8 Å². The van der Waals surface area contributed by atoms with Crippen LogP contribution in [0.3, 0.4) is 0 Å². The van der Waals surface area contributed by atoms with Crippen LogP contribution in [-0.4, -0.2) is 30.3 Å². The van der Waals surface area contributed by atoms with Crippen LogP contribution in [0.4, 0.5) is 5.13 Å². The van der Waals surface area contributed by atoms with Crippen molar-refractivity contribution in [3.8, 4) is 0 Å². The van der Waals surface area contributed by atoms with E-state index in [1.807, 2.05) is 0 Å². The smallest absolute Gasteiger partial charge is 0.186 e. The zero-order valence-corrected chi connectivity index (χ0v) is 11.7. The maximum atomic E-state index is 5.85. The molecule has 0 bridgehead atoms. The van der Waals surface area contributed by atoms with Crippen molar-refractivity contribution in [1.82, 2.24) is 4.98 Å². The molecule has 1 saturated carbocycles. The maximum absolute atomic E-state index is 5.85. The maximum Gasteiger partial charge on any atom is 0.186 e. The molecule has 1 aromatic rings. The van der Waals surface area contributed by atoms with Crippen LogP contribution in [0.25, 0.3) is 0 Å². The molecule has 100 valence electrons. The minimum Gasteiger partial charge on any atom is -0.374 e. The van der Waals surface area contributed by atoms with Gasteiger partial charge in [-0.25, -0.2) is 4.98 Å². The van der Waals surface area contributed by atoms with Gasteiger partial charge in [0.15, 0.2) is 5.13 Å². The third-order valence-corrected chi connectivity index (χ3v) is 5.17. The molecule has 2 N–H and O–H groups in total. The number of anilines is 1. The zero-order valence-electron chi connectivity index (χ0n) is 10.9. The monoisotopic (exact) mass is 267 g/mol. The summed E-state index contributed by atoms with van der Waals surface area (Å²) < 4.78 is 5.85. The van der Waals surface area contributed by atoms with E-state index in [2.05, 4.69) is 11.8 Å². The number of fused-ring (bicyclic) bond motifs is 1. The highest BCUT2D eigenvalue weighted by Crippen LogP contribution is 2.36. The molecule has 2 unspecified atom stereocenters. The van der Waals surface area contributed by atoms with Gasteiger partial charge < -0.3 is 15.4 Å². The summed E-state index contributed by atoms with van der Waals surface area (Å²) in [5.74, 6) is 0. The van der Waals surface area contributed by atoms with E-state index in [9.17, 15) is 0 Å². The molecule has 3 rings (SSSR count). The number of ether oxygens (including phenoxy) is 1. The Bertz CT molecular complexity index is 399. The number of rotatable bonds is 3. The molecule has 0 radical (unpaired) electrons. The summed E-state index contributed by atoms with van der Waals surface area (Å²) in [6.45, 7) is 4.57. The molecule has 2 heterocycles. The van der Waals surface area contributed by atoms with Gasteiger partial charge in [0.05, 0.1) is 24.4 Å². The van der Waals surface area contributed by atoms with E-state index in [0.717, 1.165) is 24.7 Å². The second-order valence-electron chi connectivity index (χ2n) is 5.02. The van der Waals surface area contributed by atoms with Crippen molar-refractivity contribution >= 4 is 16.5 Å². The Kier molecular flexibility index (Phi) is 3.54. The van der Waals surface area contributed by atoms with Crippen molar-refractivity contribution < 1.29 is 4.74 Å². The summed E-state index contributed by atoms with van der Waals surface area (Å²) in [6, 6.07) is 0.542. The number of hydrogen-bond acceptors (Lipinski definition) is 5. The Morgan fingerprint density at radius 1 is 1.50 bits per heavy atom. The lowest BCUT2D eigenvalue weighted by atomic mass is 10.1. The van der Waals surface area contributed by atoms with Crippen LogP contribution in [0.2, 0.25) is 0 Å². The first-order valence-corrected chi connectivity index (χ1v) is 7.72. The SMILES string of the molecule is CCc1nc(N2CCOC3CCCC32)sc1CN. The first-order chi connectivity index (χ1) is 8.83. The second kappa shape index (κ2) is 5.15. The van der Waals surface area contributed by atoms with Crippen molar-refractivity contribution in [2.24, 2.45) is 5.73 Å². The molecule has 0 amide bonds. The van der Waals surface area contributed by atoms with Gasteiger partial charge in [-0.05, 0) is 25.7 Å². The van der Waals surface area contributed by atoms with Crippen molar-refractivity contribution in [1.29, 1.82) is 0 Å². The van der Waals surface area contributed by atoms with Crippen molar-refractivity contribution in [3.63, 3.8) is 0 Å². The lowest BCUT2D eigenvalue weighted by molar-refractivity contribution is 0.0256. The number of morpholine rings is 1. The minimum absolute atomic E-state index is 0.425. The molecule has 0 aromatic carbocycles. The second-order valence-corrected chi connectivity index (χ2v) is 6.09. The fraction of sp³-hybridized carbons (Fsp3) is 0.769. The van der Waals surface area contributed by atoms with Crippen LogP contribution in [0, 0.1) is 0 Å². The lowest BCUT2D eigenvalue weighted by Gasteiger charge is -2.37. The van der Waals surface area contributed by atoms with Crippen LogP contribution < -0.4 is 10.6 Å². The number of aromatic nitrogens is 1. The van der Waals surface area contributed by atoms with Crippen LogP contribution in [0.5, 0.6) is 0 Å². The molecule has 1 aliphatic carbocycles. The Hall–Kier alpha value is -0.650. The fourth-order valence-electron chi connectivity index (χ4n) is 3.09. The zero-order chi connectivity index (χ0) is 12.5. The molecule has 2 fully saturated rings. The third kappa shape index (κ3) is 2.04. The molecular weight excluding hydrogens is 246 g/mol. The first-order valence-electron chi connectivity index (χ1n) is 6.90. The van der Waals surface area contributed by atoms with E-state index in [-0.39, 0.29) is 0 Å². The van der Waals surface area contributed by atoms with Gasteiger partial charge in [0, 0.05) is 18.0 Å². The van der Waals surface area contributed by atoms with Gasteiger partial charge in [0.25, 0.3) is 0 Å². The van der Waals surface area contributed by atoms with Crippen LogP contribution >= 0.6 is 11.3 Å². The summed E-state index contributed by atoms with van der Waals surface area (Å²) >= 11 is 1.77. The van der Waals surface area contributed by atoms with Crippen molar-refractivity contribution in [2.45, 2.75) is 51.3 Å². The summed E-state index contributed by atoms with van der Waals surface area (Å²) in [6.07, 6.45) is 5.12. The van der Waals surface area contributed by atoms with E-state index in [1.165, 1.54) is 29.8 Å². The Labute approximate surface area is 112 Å². The number of nitrogens with two attached hydrogens (primary N) is 1. The third-order valence-electron chi connectivity index (χ3n) is 4.02. The number of aryl methyl sites for hydroxylation is 1. The van der Waals surface area contributed by atoms with E-state index in [0.29, 0.717) is 18.7 Å². The number of thiazole rings is 1. The highest BCUT2D eigenvalue weighted by molar-refractivity contribution is 7.15. The largest absolute Gasteiger partial charge is 0.374 e. The van der Waals surface area contributed by atoms with Crippen LogP contribution in [0.15, 0.2) is 0 Å². The lowest BCUT2D eigenvalue weighted by Crippen LogP contribution is -2.48. The van der Waals surface area contributed by atoms with Gasteiger partial charge >= 0.3 is 0 Å². The van der Waals surface area contributed by atoms with Crippen LogP contribution in [-0.2, 0) is 17.7 Å². The Morgan fingerprint density at radius 3 is 3.11 bits per heavy atom. The highest BCUT2D eigenvalue weighted by atomic mass is 32.1. The number of hydrogen-bond donors (Lipinski definition) is 1. The average Bonchev–Trinajstić information content (AvgIpc) is 3.04. The average molecular weight is 267 g/mol. The van der Waals surface area contributed by atoms with E-state index in [1.54, 1.807) is 11.3 Å². The van der Waals surface area contributed by atoms with E-state index < -0.39 is 0 Å². The topological polar surface area (TPSA) is 51.4 Å². The van der Waals surface area contributed by atoms with E-state index in [4.69, 9.17) is 15.5 Å². The summed E-state index contributed by atoms with van der Waals surface area (Å²) in [5, 5.41) is 1.16. The summed E-state index contributed by atoms with van der Waals surface area (Å²) in [7, 11) is 0. The molecule has 5 heteroatoms. The normalized spacial score (nSPS) is 27.6. The Balaban J connectivity index is 1.86. The summed E-state index contributed by atoms with van der Waals surface area (Å²) in [5.41, 5.74) is 6.98. The fourth-order valence-corrected chi connectivity index (χ4v) is 4.20. The van der Waals surface area contributed by atoms with Crippen molar-refractivity contribution in [3.05, 3.63) is 10.6 Å². The van der Waals surface area contributed by atoms with Gasteiger partial charge in [0.1, 0.15) is 0 Å². The molecular formula is C13H21N3OS. The van der Waals surface area contributed by atoms with E-state index >= 15 is 0 Å². The minimum atomic E-state index is 0.425. The van der Waals surface area contributed by atoms with Crippen molar-refractivity contribution in [2.75, 3.05) is 18.1 Å². The first kappa shape index (κ1) is 12.4. The van der Waals surface area contributed by atoms with Gasteiger partial charge in [-0.1, -0.05) is 6.92 Å². The molecule has 0 spiro atoms. The highest BCUT2D eigenvalue weighted by Gasteiger charge is 2.37. The van der Waals surface area contributed by atoms with Gasteiger partial charge in [-0.15, -0.1) is 11.3 Å². The standard InChI is InChI=1S/C13H21N3OS/c1-2-9-12(8-14)18-13(15-9)16-6-7-17-11-5-3-4-10(11)16/h10-11H,2-8,14H2,1H3. The molecule has 2 aliphatic rings. The van der Waals surface area contributed by atoms with Gasteiger partial charge in [-0.3, -0.25) is 0 Å². The molecule has 4 nitrogen and oxygen atoms in total. The predicted molar refractivity (Wildman–Crippen MR) is 74.1 cm³/mol. The summed E-state index contributed by atoms with van der Waals surface area (Å²) in [4.78, 5) is 8.50. The quantitative estimate of drug-likeness (QED) is 0.909. The van der Waals surface area contributed by atoms with Gasteiger partial charge in [-0.2, -0.15) is 0 Å². The molecule has 2 atom stereocenters.